The molecule has 12 heteroatoms. The minimum absolute atomic E-state index is 0.0161. The van der Waals surface area contributed by atoms with Crippen LogP contribution in [0.25, 0.3) is 28.0 Å². The number of hydrogen-bond donors (Lipinski definition) is 1. The summed E-state index contributed by atoms with van der Waals surface area (Å²) in [4.78, 5) is 55.2. The van der Waals surface area contributed by atoms with Crippen LogP contribution >= 0.6 is 11.6 Å². The number of halogens is 2. The molecule has 4 aromatic rings. The van der Waals surface area contributed by atoms with Crippen LogP contribution in [0.3, 0.4) is 0 Å². The average molecular weight is 631 g/mol. The molecule has 5 heterocycles. The van der Waals surface area contributed by atoms with E-state index in [1.54, 1.807) is 22.1 Å². The fraction of sp³-hybridized carbons (Fsp3) is 0.303. The maximum Gasteiger partial charge on any atom is 0.283 e. The first kappa shape index (κ1) is 30.3. The number of anilines is 2. The fourth-order valence-electron chi connectivity index (χ4n) is 6.45. The Hall–Kier alpha value is -4.77. The van der Waals surface area contributed by atoms with Crippen LogP contribution in [0.15, 0.2) is 54.0 Å². The van der Waals surface area contributed by atoms with Gasteiger partial charge in [-0.15, -0.1) is 0 Å². The molecule has 1 N–H and O–H groups in total. The number of carbonyl (C=O) groups excluding carboxylic acids is 2. The third-order valence-electron chi connectivity index (χ3n) is 8.64. The maximum atomic E-state index is 16.3. The summed E-state index contributed by atoms with van der Waals surface area (Å²) in [5.41, 5.74) is 1.50. The van der Waals surface area contributed by atoms with E-state index in [-0.39, 0.29) is 75.6 Å². The van der Waals surface area contributed by atoms with Gasteiger partial charge in [-0.1, -0.05) is 38.1 Å². The minimum Gasteiger partial charge on any atom is -0.507 e. The molecule has 1 fully saturated rings. The SMILES string of the molecule is C=CC(=O)N1CC2C(=O)N(C)c3c(c4cc(F)c(-c5c(O)cccc5Cl)nc4n(-c4c(C)ccnc4C(C)C)c3=O)N2CC1C. The molecule has 0 aliphatic carbocycles. The number of aryl methyl sites for hydroxylation is 1. The molecule has 2 atom stereocenters. The van der Waals surface area contributed by atoms with Gasteiger partial charge < -0.3 is 19.8 Å². The fourth-order valence-corrected chi connectivity index (χ4v) is 6.71. The van der Waals surface area contributed by atoms with E-state index in [1.165, 1.54) is 46.9 Å². The Morgan fingerprint density at radius 2 is 1.91 bits per heavy atom. The van der Waals surface area contributed by atoms with Crippen LogP contribution < -0.4 is 15.4 Å². The molecule has 2 amide bonds. The van der Waals surface area contributed by atoms with Crippen molar-refractivity contribution in [3.8, 4) is 22.7 Å². The number of aromatic hydroxyl groups is 1. The van der Waals surface area contributed by atoms with Crippen molar-refractivity contribution in [3.63, 3.8) is 0 Å². The number of nitrogens with zero attached hydrogens (tertiary/aromatic N) is 6. The third kappa shape index (κ3) is 4.56. The van der Waals surface area contributed by atoms with Gasteiger partial charge in [-0.3, -0.25) is 23.9 Å². The van der Waals surface area contributed by atoms with Crippen LogP contribution in [0.5, 0.6) is 5.75 Å². The first-order valence-electron chi connectivity index (χ1n) is 14.6. The summed E-state index contributed by atoms with van der Waals surface area (Å²) < 4.78 is 17.6. The normalized spacial score (nSPS) is 18.0. The predicted octanol–water partition coefficient (Wildman–Crippen LogP) is 4.95. The molecule has 6 rings (SSSR count). The number of carbonyl (C=O) groups is 2. The molecule has 45 heavy (non-hydrogen) atoms. The molecule has 0 spiro atoms. The number of rotatable bonds is 4. The van der Waals surface area contributed by atoms with Gasteiger partial charge in [0, 0.05) is 31.2 Å². The van der Waals surface area contributed by atoms with E-state index in [1.807, 2.05) is 27.7 Å². The lowest BCUT2D eigenvalue weighted by Gasteiger charge is -2.49. The monoisotopic (exact) mass is 630 g/mol. The Bertz CT molecular complexity index is 1970. The number of likely N-dealkylation sites (N-methyl/N-ethyl adjacent to an activating group) is 1. The Balaban J connectivity index is 1.76. The molecule has 0 saturated carbocycles. The topological polar surface area (TPSA) is 112 Å². The van der Waals surface area contributed by atoms with Crippen molar-refractivity contribution in [1.82, 2.24) is 19.4 Å². The Kier molecular flexibility index (Phi) is 7.39. The van der Waals surface area contributed by atoms with E-state index < -0.39 is 17.4 Å². The van der Waals surface area contributed by atoms with Crippen LogP contribution in [-0.4, -0.2) is 68.6 Å². The smallest absolute Gasteiger partial charge is 0.283 e. The highest BCUT2D eigenvalue weighted by Gasteiger charge is 2.46. The lowest BCUT2D eigenvalue weighted by atomic mass is 9.98. The average Bonchev–Trinajstić information content (AvgIpc) is 2.99. The molecule has 2 aliphatic heterocycles. The number of fused-ring (bicyclic) bond motifs is 5. The van der Waals surface area contributed by atoms with Gasteiger partial charge in [-0.25, -0.2) is 9.37 Å². The number of pyridine rings is 3. The second-order valence-corrected chi connectivity index (χ2v) is 12.2. The van der Waals surface area contributed by atoms with E-state index in [2.05, 4.69) is 11.6 Å². The van der Waals surface area contributed by atoms with Crippen LogP contribution in [0, 0.1) is 12.7 Å². The van der Waals surface area contributed by atoms with E-state index >= 15 is 4.39 Å². The van der Waals surface area contributed by atoms with E-state index in [0.29, 0.717) is 17.1 Å². The van der Waals surface area contributed by atoms with Gasteiger partial charge in [0.25, 0.3) is 11.5 Å². The van der Waals surface area contributed by atoms with Crippen molar-refractivity contribution >= 4 is 45.8 Å². The van der Waals surface area contributed by atoms with Crippen molar-refractivity contribution in [1.29, 1.82) is 0 Å². The van der Waals surface area contributed by atoms with Gasteiger partial charge in [-0.2, -0.15) is 0 Å². The number of benzene rings is 1. The van der Waals surface area contributed by atoms with Crippen molar-refractivity contribution in [2.75, 3.05) is 29.9 Å². The molecule has 1 saturated heterocycles. The third-order valence-corrected chi connectivity index (χ3v) is 8.96. The number of phenolic OH excluding ortho intramolecular Hbond substituents is 1. The number of piperazine rings is 1. The Morgan fingerprint density at radius 1 is 1.18 bits per heavy atom. The lowest BCUT2D eigenvalue weighted by molar-refractivity contribution is -0.130. The largest absolute Gasteiger partial charge is 0.507 e. The molecule has 10 nitrogen and oxygen atoms in total. The van der Waals surface area contributed by atoms with Gasteiger partial charge in [0.15, 0.2) is 11.5 Å². The second kappa shape index (κ2) is 11.0. The molecule has 2 unspecified atom stereocenters. The van der Waals surface area contributed by atoms with Crippen molar-refractivity contribution in [3.05, 3.63) is 81.6 Å². The predicted molar refractivity (Wildman–Crippen MR) is 172 cm³/mol. The Morgan fingerprint density at radius 3 is 2.58 bits per heavy atom. The molecule has 3 aromatic heterocycles. The zero-order valence-corrected chi connectivity index (χ0v) is 26.3. The van der Waals surface area contributed by atoms with E-state index in [4.69, 9.17) is 16.6 Å². The van der Waals surface area contributed by atoms with Gasteiger partial charge in [0.2, 0.25) is 5.91 Å². The quantitative estimate of drug-likeness (QED) is 0.318. The van der Waals surface area contributed by atoms with Crippen LogP contribution in [0.2, 0.25) is 5.02 Å². The zero-order chi connectivity index (χ0) is 32.5. The zero-order valence-electron chi connectivity index (χ0n) is 25.5. The first-order valence-corrected chi connectivity index (χ1v) is 14.9. The van der Waals surface area contributed by atoms with Crippen LogP contribution in [0.1, 0.15) is 37.9 Å². The summed E-state index contributed by atoms with van der Waals surface area (Å²) in [7, 11) is 1.51. The molecule has 2 aliphatic rings. The lowest BCUT2D eigenvalue weighted by Crippen LogP contribution is -2.66. The molecule has 232 valence electrons. The van der Waals surface area contributed by atoms with Gasteiger partial charge in [0.1, 0.15) is 23.2 Å². The number of aromatic nitrogens is 3. The molecule has 1 aromatic carbocycles. The highest BCUT2D eigenvalue weighted by Crippen LogP contribution is 2.44. The minimum atomic E-state index is -0.831. The molecular weight excluding hydrogens is 599 g/mol. The summed E-state index contributed by atoms with van der Waals surface area (Å²) in [6, 6.07) is 6.28. The standard InChI is InChI=1S/C33H32ClFN6O4/c1-7-24(43)39-15-22-32(44)38(6)30-29(40(22)14-18(39)5)19-13-21(35)27(25-20(34)9-8-10-23(25)42)37-31(19)41(33(30)45)28-17(4)11-12-36-26(28)16(2)3/h7-13,16,18,22,42H,1,14-15H2,2-6H3. The van der Waals surface area contributed by atoms with Crippen LogP contribution in [0.4, 0.5) is 15.8 Å². The van der Waals surface area contributed by atoms with E-state index in [0.717, 1.165) is 5.56 Å². The molecule has 0 radical (unpaired) electrons. The molecule has 0 bridgehead atoms. The van der Waals surface area contributed by atoms with Crippen molar-refractivity contribution in [2.24, 2.45) is 0 Å². The number of phenols is 1. The molecular formula is C33H32ClFN6O4. The summed E-state index contributed by atoms with van der Waals surface area (Å²) in [5, 5.41) is 11.1. The highest BCUT2D eigenvalue weighted by atomic mass is 35.5. The number of amides is 2. The summed E-state index contributed by atoms with van der Waals surface area (Å²) in [6.45, 7) is 11.4. The van der Waals surface area contributed by atoms with Gasteiger partial charge in [-0.05, 0) is 55.7 Å². The van der Waals surface area contributed by atoms with Crippen LogP contribution in [-0.2, 0) is 9.59 Å². The summed E-state index contributed by atoms with van der Waals surface area (Å²) in [6.07, 6.45) is 2.87. The second-order valence-electron chi connectivity index (χ2n) is 11.8. The number of hydrogen-bond acceptors (Lipinski definition) is 7. The van der Waals surface area contributed by atoms with E-state index in [9.17, 15) is 19.5 Å². The summed E-state index contributed by atoms with van der Waals surface area (Å²) in [5.74, 6) is -1.85. The maximum absolute atomic E-state index is 16.3. The Labute approximate surface area is 264 Å². The highest BCUT2D eigenvalue weighted by molar-refractivity contribution is 6.33. The van der Waals surface area contributed by atoms with Gasteiger partial charge in [0.05, 0.1) is 34.2 Å². The van der Waals surface area contributed by atoms with Crippen molar-refractivity contribution < 1.29 is 19.1 Å². The van der Waals surface area contributed by atoms with Gasteiger partial charge >= 0.3 is 0 Å². The summed E-state index contributed by atoms with van der Waals surface area (Å²) >= 11 is 6.44. The first-order chi connectivity index (χ1) is 21.4. The van der Waals surface area contributed by atoms with Crippen molar-refractivity contribution in [2.45, 2.75) is 45.7 Å².